The Balaban J connectivity index is 1.70. The minimum absolute atomic E-state index is 0.0932. The van der Waals surface area contributed by atoms with E-state index in [2.05, 4.69) is 26.0 Å². The van der Waals surface area contributed by atoms with Crippen molar-refractivity contribution in [3.05, 3.63) is 23.3 Å². The first-order chi connectivity index (χ1) is 11.8. The highest BCUT2D eigenvalue weighted by Gasteiger charge is 2.60. The fourth-order valence-corrected chi connectivity index (χ4v) is 6.30. The highest BCUT2D eigenvalue weighted by molar-refractivity contribution is 5.66. The Labute approximate surface area is 149 Å². The highest BCUT2D eigenvalue weighted by atomic mass is 19.1. The number of alkyl halides is 1. The van der Waals surface area contributed by atoms with E-state index in [4.69, 9.17) is 4.74 Å². The molecular weight excluding hydrogens is 319 g/mol. The first kappa shape index (κ1) is 17.3. The number of hydrogen-bond acceptors (Lipinski definition) is 3. The molecule has 4 heteroatoms. The Morgan fingerprint density at radius 1 is 1.24 bits per heavy atom. The van der Waals surface area contributed by atoms with Crippen molar-refractivity contribution in [3.8, 4) is 0 Å². The molecule has 4 aliphatic rings. The van der Waals surface area contributed by atoms with E-state index in [1.807, 2.05) is 0 Å². The van der Waals surface area contributed by atoms with Gasteiger partial charge in [-0.25, -0.2) is 4.39 Å². The molecule has 3 fully saturated rings. The maximum atomic E-state index is 14.8. The lowest BCUT2D eigenvalue weighted by molar-refractivity contribution is -0.157. The SMILES string of the molecule is CC(=O)OC1C(F)C[C@H]2C3=CC=C4CC(O)CC[C@]4(C)[C@@H]3CC[C@]12C. The number of hydrogen-bond donors (Lipinski definition) is 1. The van der Waals surface area contributed by atoms with E-state index in [-0.39, 0.29) is 28.8 Å². The molecule has 7 atom stereocenters. The molecule has 0 radical (unpaired) electrons. The standard InChI is InChI=1S/C21H29FO3/c1-12(23)25-19-18(22)11-17-15-5-4-13-10-14(24)6-8-20(13,2)16(15)7-9-21(17,19)3/h4-5,14,16-19,24H,6-11H2,1-3H3/t14?,16-,17+,18?,19?,20+,21+/m1/s1. The van der Waals surface area contributed by atoms with Gasteiger partial charge in [-0.05, 0) is 55.8 Å². The molecule has 0 saturated heterocycles. The molecule has 4 rings (SSSR count). The van der Waals surface area contributed by atoms with Crippen molar-refractivity contribution in [2.24, 2.45) is 22.7 Å². The third-order valence-corrected chi connectivity index (χ3v) is 7.74. The van der Waals surface area contributed by atoms with Crippen LogP contribution in [0.1, 0.15) is 59.3 Å². The van der Waals surface area contributed by atoms with Crippen LogP contribution in [0.15, 0.2) is 23.3 Å². The highest BCUT2D eigenvalue weighted by Crippen LogP contribution is 2.64. The summed E-state index contributed by atoms with van der Waals surface area (Å²) in [6.07, 6.45) is 7.43. The third-order valence-electron chi connectivity index (χ3n) is 7.74. The Morgan fingerprint density at radius 3 is 2.72 bits per heavy atom. The number of ether oxygens (including phenoxy) is 1. The first-order valence-electron chi connectivity index (χ1n) is 9.66. The van der Waals surface area contributed by atoms with Crippen LogP contribution in [0, 0.1) is 22.7 Å². The average Bonchev–Trinajstić information content (AvgIpc) is 2.79. The molecule has 4 aliphatic carbocycles. The molecule has 3 saturated carbocycles. The minimum atomic E-state index is -1.08. The van der Waals surface area contributed by atoms with E-state index in [0.717, 1.165) is 32.1 Å². The van der Waals surface area contributed by atoms with Crippen molar-refractivity contribution >= 4 is 5.97 Å². The summed E-state index contributed by atoms with van der Waals surface area (Å²) in [5.74, 6) is 0.193. The summed E-state index contributed by atoms with van der Waals surface area (Å²) >= 11 is 0. The van der Waals surface area contributed by atoms with Gasteiger partial charge in [-0.3, -0.25) is 4.79 Å². The fourth-order valence-electron chi connectivity index (χ4n) is 6.30. The Morgan fingerprint density at radius 2 is 2.00 bits per heavy atom. The van der Waals surface area contributed by atoms with Gasteiger partial charge in [0.25, 0.3) is 0 Å². The zero-order valence-corrected chi connectivity index (χ0v) is 15.4. The number of allylic oxidation sites excluding steroid dienone is 3. The van der Waals surface area contributed by atoms with Crippen molar-refractivity contribution in [3.63, 3.8) is 0 Å². The summed E-state index contributed by atoms with van der Waals surface area (Å²) in [5, 5.41) is 10.0. The lowest BCUT2D eigenvalue weighted by Crippen LogP contribution is -2.48. The van der Waals surface area contributed by atoms with Crippen LogP contribution in [-0.2, 0) is 9.53 Å². The van der Waals surface area contributed by atoms with Gasteiger partial charge in [0.1, 0.15) is 12.3 Å². The van der Waals surface area contributed by atoms with Gasteiger partial charge in [0.15, 0.2) is 0 Å². The van der Waals surface area contributed by atoms with Gasteiger partial charge in [0.2, 0.25) is 0 Å². The summed E-state index contributed by atoms with van der Waals surface area (Å²) in [5.41, 5.74) is 2.50. The van der Waals surface area contributed by atoms with Crippen LogP contribution >= 0.6 is 0 Å². The molecule has 0 aromatic rings. The molecule has 0 heterocycles. The number of carbonyl (C=O) groups excluding carboxylic acids is 1. The van der Waals surface area contributed by atoms with Crippen LogP contribution in [0.4, 0.5) is 4.39 Å². The summed E-state index contributed by atoms with van der Waals surface area (Å²) in [4.78, 5) is 11.5. The van der Waals surface area contributed by atoms with Crippen LogP contribution in [0.25, 0.3) is 0 Å². The van der Waals surface area contributed by atoms with E-state index in [1.165, 1.54) is 18.1 Å². The van der Waals surface area contributed by atoms with Gasteiger partial charge in [-0.2, -0.15) is 0 Å². The largest absolute Gasteiger partial charge is 0.459 e. The van der Waals surface area contributed by atoms with E-state index in [0.29, 0.717) is 12.3 Å². The van der Waals surface area contributed by atoms with Crippen molar-refractivity contribution in [1.29, 1.82) is 0 Å². The van der Waals surface area contributed by atoms with Crippen LogP contribution in [-0.4, -0.2) is 29.5 Å². The summed E-state index contributed by atoms with van der Waals surface area (Å²) in [7, 11) is 0. The maximum Gasteiger partial charge on any atom is 0.303 e. The van der Waals surface area contributed by atoms with Crippen LogP contribution in [0.2, 0.25) is 0 Å². The van der Waals surface area contributed by atoms with Gasteiger partial charge in [0.05, 0.1) is 6.10 Å². The molecule has 3 unspecified atom stereocenters. The topological polar surface area (TPSA) is 46.5 Å². The Bertz CT molecular complexity index is 654. The van der Waals surface area contributed by atoms with Gasteiger partial charge in [0, 0.05) is 12.3 Å². The van der Waals surface area contributed by atoms with E-state index >= 15 is 0 Å². The number of aliphatic hydroxyl groups excluding tert-OH is 1. The second kappa shape index (κ2) is 5.67. The molecule has 1 N–H and O–H groups in total. The van der Waals surface area contributed by atoms with E-state index in [9.17, 15) is 14.3 Å². The molecule has 25 heavy (non-hydrogen) atoms. The van der Waals surface area contributed by atoms with Crippen molar-refractivity contribution < 1.29 is 19.0 Å². The fraction of sp³-hybridized carbons (Fsp3) is 0.762. The average molecular weight is 348 g/mol. The number of carbonyl (C=O) groups is 1. The van der Waals surface area contributed by atoms with Gasteiger partial charge >= 0.3 is 5.97 Å². The third kappa shape index (κ3) is 2.43. The summed E-state index contributed by atoms with van der Waals surface area (Å²) in [6.45, 7) is 5.81. The van der Waals surface area contributed by atoms with Crippen LogP contribution in [0.3, 0.4) is 0 Å². The van der Waals surface area contributed by atoms with Gasteiger partial charge in [-0.15, -0.1) is 0 Å². The molecule has 3 nitrogen and oxygen atoms in total. The lowest BCUT2D eigenvalue weighted by atomic mass is 9.51. The van der Waals surface area contributed by atoms with Crippen molar-refractivity contribution in [1.82, 2.24) is 0 Å². The Hall–Kier alpha value is -1.16. The van der Waals surface area contributed by atoms with Crippen molar-refractivity contribution in [2.75, 3.05) is 0 Å². The number of halogens is 1. The molecule has 0 aromatic carbocycles. The number of fused-ring (bicyclic) bond motifs is 5. The first-order valence-corrected chi connectivity index (χ1v) is 9.66. The molecular formula is C21H29FO3. The number of esters is 1. The monoisotopic (exact) mass is 348 g/mol. The molecule has 0 amide bonds. The van der Waals surface area contributed by atoms with Crippen molar-refractivity contribution in [2.45, 2.75) is 77.7 Å². The quantitative estimate of drug-likeness (QED) is 0.726. The predicted octanol–water partition coefficient (Wildman–Crippen LogP) is 4.11. The Kier molecular flexibility index (Phi) is 3.91. The second-order valence-electron chi connectivity index (χ2n) is 9.10. The molecule has 0 aliphatic heterocycles. The number of aliphatic hydroxyl groups is 1. The summed E-state index contributed by atoms with van der Waals surface area (Å²) < 4.78 is 20.2. The molecule has 0 aromatic heterocycles. The maximum absolute atomic E-state index is 14.8. The minimum Gasteiger partial charge on any atom is -0.459 e. The van der Waals surface area contributed by atoms with Crippen LogP contribution < -0.4 is 0 Å². The second-order valence-corrected chi connectivity index (χ2v) is 9.10. The predicted molar refractivity (Wildman–Crippen MR) is 93.5 cm³/mol. The smallest absolute Gasteiger partial charge is 0.303 e. The normalized spacial score (nSPS) is 48.6. The molecule has 138 valence electrons. The van der Waals surface area contributed by atoms with E-state index in [1.54, 1.807) is 0 Å². The molecule has 0 spiro atoms. The lowest BCUT2D eigenvalue weighted by Gasteiger charge is -2.54. The van der Waals surface area contributed by atoms with Gasteiger partial charge in [-0.1, -0.05) is 37.1 Å². The zero-order valence-electron chi connectivity index (χ0n) is 15.4. The summed E-state index contributed by atoms with van der Waals surface area (Å²) in [6, 6.07) is 0. The number of rotatable bonds is 1. The molecule has 0 bridgehead atoms. The van der Waals surface area contributed by atoms with E-state index < -0.39 is 12.3 Å². The van der Waals surface area contributed by atoms with Crippen LogP contribution in [0.5, 0.6) is 0 Å². The zero-order chi connectivity index (χ0) is 18.0. The van der Waals surface area contributed by atoms with Gasteiger partial charge < -0.3 is 9.84 Å².